The summed E-state index contributed by atoms with van der Waals surface area (Å²) in [5.41, 5.74) is 5.44. The van der Waals surface area contributed by atoms with E-state index in [0.29, 0.717) is 58.4 Å². The molecule has 196 valence electrons. The Morgan fingerprint density at radius 1 is 1.00 bits per heavy atom. The van der Waals surface area contributed by atoms with Crippen LogP contribution in [0.4, 0.5) is 4.39 Å². The fourth-order valence-electron chi connectivity index (χ4n) is 4.67. The Morgan fingerprint density at radius 3 is 2.36 bits per heavy atom. The van der Waals surface area contributed by atoms with Crippen LogP contribution in [-0.4, -0.2) is 42.3 Å². The van der Waals surface area contributed by atoms with E-state index in [1.807, 2.05) is 53.4 Å². The summed E-state index contributed by atoms with van der Waals surface area (Å²) in [6.45, 7) is 1.06. The van der Waals surface area contributed by atoms with Crippen LogP contribution in [0, 0.1) is 17.1 Å². The number of hydrogen-bond donors (Lipinski definition) is 0. The number of pyridine rings is 1. The molecule has 4 aromatic rings. The molecule has 0 radical (unpaired) electrons. The SMILES string of the molecule is COc1cc2c(cc1OC)CN(C(=O)CSc1nc(-c3ccccc3)cc(-c3ccc(F)cc3)c1C#N)CC2. The normalized spacial score (nSPS) is 12.4. The number of nitrogens with zero attached hydrogens (tertiary/aromatic N) is 3. The first-order valence-corrected chi connectivity index (χ1v) is 13.4. The fourth-order valence-corrected chi connectivity index (χ4v) is 5.57. The molecule has 6 nitrogen and oxygen atoms in total. The number of thioether (sulfide) groups is 1. The first-order chi connectivity index (χ1) is 19.0. The Hall–Kier alpha value is -4.35. The maximum Gasteiger partial charge on any atom is 0.233 e. The molecule has 0 spiro atoms. The Kier molecular flexibility index (Phi) is 7.80. The number of carbonyl (C=O) groups excluding carboxylic acids is 1. The summed E-state index contributed by atoms with van der Waals surface area (Å²) >= 11 is 1.25. The van der Waals surface area contributed by atoms with E-state index < -0.39 is 0 Å². The standard InChI is InChI=1S/C31H26FN3O3S/c1-37-28-14-22-12-13-35(18-23(22)15-29(28)38-2)30(36)19-39-31-26(17-33)25(20-8-10-24(32)11-9-20)16-27(34-31)21-6-4-3-5-7-21/h3-11,14-16H,12-13,18-19H2,1-2H3. The number of halogens is 1. The minimum atomic E-state index is -0.353. The van der Waals surface area contributed by atoms with Gasteiger partial charge in [0.2, 0.25) is 5.91 Å². The number of amides is 1. The number of rotatable bonds is 7. The molecule has 1 aliphatic heterocycles. The van der Waals surface area contributed by atoms with Crippen LogP contribution >= 0.6 is 11.8 Å². The molecular formula is C31H26FN3O3S. The van der Waals surface area contributed by atoms with Crippen molar-refractivity contribution in [2.45, 2.75) is 18.0 Å². The number of nitriles is 1. The van der Waals surface area contributed by atoms with Crippen molar-refractivity contribution in [1.82, 2.24) is 9.88 Å². The highest BCUT2D eigenvalue weighted by molar-refractivity contribution is 8.00. The Bertz CT molecular complexity index is 1550. The number of hydrogen-bond acceptors (Lipinski definition) is 6. The van der Waals surface area contributed by atoms with Crippen LogP contribution < -0.4 is 9.47 Å². The number of fused-ring (bicyclic) bond motifs is 1. The maximum absolute atomic E-state index is 13.6. The highest BCUT2D eigenvalue weighted by Gasteiger charge is 2.24. The second kappa shape index (κ2) is 11.6. The molecule has 0 bridgehead atoms. The number of methoxy groups -OCH3 is 2. The van der Waals surface area contributed by atoms with E-state index in [1.165, 1.54) is 23.9 Å². The van der Waals surface area contributed by atoms with Crippen molar-refractivity contribution in [3.05, 3.63) is 95.3 Å². The molecule has 0 fully saturated rings. The molecule has 39 heavy (non-hydrogen) atoms. The van der Waals surface area contributed by atoms with Crippen molar-refractivity contribution in [1.29, 1.82) is 5.26 Å². The second-order valence-corrected chi connectivity index (χ2v) is 10.0. The van der Waals surface area contributed by atoms with Crippen molar-refractivity contribution < 1.29 is 18.7 Å². The Morgan fingerprint density at radius 2 is 1.69 bits per heavy atom. The van der Waals surface area contributed by atoms with E-state index in [0.717, 1.165) is 16.7 Å². The van der Waals surface area contributed by atoms with Crippen LogP contribution in [0.5, 0.6) is 11.5 Å². The lowest BCUT2D eigenvalue weighted by atomic mass is 9.99. The van der Waals surface area contributed by atoms with E-state index in [-0.39, 0.29) is 17.5 Å². The van der Waals surface area contributed by atoms with Gasteiger partial charge in [0.15, 0.2) is 11.5 Å². The fraction of sp³-hybridized carbons (Fsp3) is 0.194. The predicted octanol–water partition coefficient (Wildman–Crippen LogP) is 6.12. The highest BCUT2D eigenvalue weighted by atomic mass is 32.2. The first-order valence-electron chi connectivity index (χ1n) is 12.4. The summed E-state index contributed by atoms with van der Waals surface area (Å²) in [4.78, 5) is 19.9. The third-order valence-corrected chi connectivity index (χ3v) is 7.69. The third-order valence-electron chi connectivity index (χ3n) is 6.73. The zero-order valence-corrected chi connectivity index (χ0v) is 22.4. The van der Waals surface area contributed by atoms with Gasteiger partial charge in [-0.2, -0.15) is 5.26 Å². The number of benzene rings is 3. The van der Waals surface area contributed by atoms with E-state index in [2.05, 4.69) is 6.07 Å². The number of aromatic nitrogens is 1. The summed E-state index contributed by atoms with van der Waals surface area (Å²) in [6.07, 6.45) is 0.714. The van der Waals surface area contributed by atoms with E-state index in [9.17, 15) is 14.4 Å². The van der Waals surface area contributed by atoms with Crippen LogP contribution in [0.2, 0.25) is 0 Å². The van der Waals surface area contributed by atoms with Crippen molar-refractivity contribution in [3.63, 3.8) is 0 Å². The van der Waals surface area contributed by atoms with E-state index >= 15 is 0 Å². The lowest BCUT2D eigenvalue weighted by molar-refractivity contribution is -0.129. The van der Waals surface area contributed by atoms with Gasteiger partial charge in [0, 0.05) is 24.2 Å². The molecule has 2 heterocycles. The molecule has 1 amide bonds. The van der Waals surface area contributed by atoms with Crippen LogP contribution in [-0.2, 0) is 17.8 Å². The molecule has 8 heteroatoms. The van der Waals surface area contributed by atoms with E-state index in [4.69, 9.17) is 14.5 Å². The van der Waals surface area contributed by atoms with Gasteiger partial charge in [-0.05, 0) is 53.4 Å². The van der Waals surface area contributed by atoms with Crippen molar-refractivity contribution in [2.24, 2.45) is 0 Å². The van der Waals surface area contributed by atoms with Crippen LogP contribution in [0.1, 0.15) is 16.7 Å². The van der Waals surface area contributed by atoms with Gasteiger partial charge in [-0.1, -0.05) is 54.2 Å². The molecule has 0 unspecified atom stereocenters. The zero-order chi connectivity index (χ0) is 27.4. The lowest BCUT2D eigenvalue weighted by Gasteiger charge is -2.29. The summed E-state index contributed by atoms with van der Waals surface area (Å²) < 4.78 is 24.5. The number of carbonyl (C=O) groups is 1. The molecule has 0 atom stereocenters. The summed E-state index contributed by atoms with van der Waals surface area (Å²) in [7, 11) is 3.20. The molecule has 0 N–H and O–H groups in total. The monoisotopic (exact) mass is 539 g/mol. The van der Waals surface area contributed by atoms with E-state index in [1.54, 1.807) is 26.4 Å². The van der Waals surface area contributed by atoms with Crippen LogP contribution in [0.3, 0.4) is 0 Å². The third kappa shape index (κ3) is 5.59. The van der Waals surface area contributed by atoms with Gasteiger partial charge < -0.3 is 14.4 Å². The largest absolute Gasteiger partial charge is 0.493 e. The Balaban J connectivity index is 1.42. The number of ether oxygens (including phenoxy) is 2. The van der Waals surface area contributed by atoms with Gasteiger partial charge in [0.1, 0.15) is 16.9 Å². The molecule has 0 saturated heterocycles. The van der Waals surface area contributed by atoms with Gasteiger partial charge in [-0.15, -0.1) is 0 Å². The summed E-state index contributed by atoms with van der Waals surface area (Å²) in [5, 5.41) is 10.6. The lowest BCUT2D eigenvalue weighted by Crippen LogP contribution is -2.37. The van der Waals surface area contributed by atoms with Crippen LogP contribution in [0.15, 0.2) is 77.8 Å². The van der Waals surface area contributed by atoms with Crippen LogP contribution in [0.25, 0.3) is 22.4 Å². The van der Waals surface area contributed by atoms with Gasteiger partial charge in [-0.3, -0.25) is 4.79 Å². The van der Waals surface area contributed by atoms with Crippen molar-refractivity contribution in [2.75, 3.05) is 26.5 Å². The van der Waals surface area contributed by atoms with Gasteiger partial charge in [0.25, 0.3) is 0 Å². The van der Waals surface area contributed by atoms with Gasteiger partial charge in [0.05, 0.1) is 31.2 Å². The molecule has 0 saturated carbocycles. The topological polar surface area (TPSA) is 75.5 Å². The smallest absolute Gasteiger partial charge is 0.233 e. The minimum absolute atomic E-state index is 0.0421. The molecule has 1 aromatic heterocycles. The van der Waals surface area contributed by atoms with Gasteiger partial charge >= 0.3 is 0 Å². The van der Waals surface area contributed by atoms with Gasteiger partial charge in [-0.25, -0.2) is 9.37 Å². The zero-order valence-electron chi connectivity index (χ0n) is 21.6. The average Bonchev–Trinajstić information content (AvgIpc) is 2.99. The average molecular weight is 540 g/mol. The maximum atomic E-state index is 13.6. The quantitative estimate of drug-likeness (QED) is 0.264. The molecule has 0 aliphatic carbocycles. The van der Waals surface area contributed by atoms with Crippen molar-refractivity contribution >= 4 is 17.7 Å². The Labute approximate surface area is 231 Å². The first kappa shape index (κ1) is 26.3. The van der Waals surface area contributed by atoms with Crippen molar-refractivity contribution in [3.8, 4) is 40.0 Å². The second-order valence-electron chi connectivity index (χ2n) is 9.05. The molecule has 5 rings (SSSR count). The molecule has 1 aliphatic rings. The predicted molar refractivity (Wildman–Crippen MR) is 149 cm³/mol. The molecular weight excluding hydrogens is 513 g/mol. The summed E-state index contributed by atoms with van der Waals surface area (Å²) in [5.74, 6) is 1.05. The highest BCUT2D eigenvalue weighted by Crippen LogP contribution is 2.36. The molecule has 3 aromatic carbocycles. The minimum Gasteiger partial charge on any atom is -0.493 e. The summed E-state index contributed by atoms with van der Waals surface area (Å²) in [6, 6.07) is 23.7.